The molecule has 1 aliphatic rings. The van der Waals surface area contributed by atoms with Crippen molar-refractivity contribution in [2.45, 2.75) is 25.3 Å². The van der Waals surface area contributed by atoms with Gasteiger partial charge >= 0.3 is 0 Å². The highest BCUT2D eigenvalue weighted by Crippen LogP contribution is 2.47. The molecule has 3 aromatic rings. The topological polar surface area (TPSA) is 46.9 Å². The van der Waals surface area contributed by atoms with E-state index in [1.807, 2.05) is 41.2 Å². The zero-order valence-corrected chi connectivity index (χ0v) is 13.6. The van der Waals surface area contributed by atoms with Gasteiger partial charge in [0.2, 0.25) is 5.91 Å². The summed E-state index contributed by atoms with van der Waals surface area (Å²) in [5.74, 6) is 0.744. The summed E-state index contributed by atoms with van der Waals surface area (Å²) in [5, 5.41) is 8.65. The molecule has 1 aromatic heterocycles. The number of nitrogens with zero attached hydrogens (tertiary/aromatic N) is 2. The molecular weight excluding hydrogens is 298 g/mol. The number of rotatable bonds is 6. The van der Waals surface area contributed by atoms with E-state index in [2.05, 4.69) is 34.7 Å². The van der Waals surface area contributed by atoms with Gasteiger partial charge in [-0.3, -0.25) is 9.48 Å². The van der Waals surface area contributed by atoms with E-state index in [9.17, 15) is 4.79 Å². The predicted octanol–water partition coefficient (Wildman–Crippen LogP) is 3.35. The molecule has 4 heteroatoms. The molecule has 24 heavy (non-hydrogen) atoms. The lowest BCUT2D eigenvalue weighted by Crippen LogP contribution is -2.27. The lowest BCUT2D eigenvalue weighted by molar-refractivity contribution is -0.122. The molecular formula is C20H21N3O. The van der Waals surface area contributed by atoms with Gasteiger partial charge in [0, 0.05) is 24.4 Å². The summed E-state index contributed by atoms with van der Waals surface area (Å²) in [7, 11) is 0. The average Bonchev–Trinajstić information content (AvgIpc) is 3.34. The van der Waals surface area contributed by atoms with Gasteiger partial charge in [-0.15, -0.1) is 0 Å². The molecule has 2 aromatic carbocycles. The van der Waals surface area contributed by atoms with E-state index in [0.29, 0.717) is 12.5 Å². The highest BCUT2D eigenvalue weighted by molar-refractivity contribution is 5.82. The largest absolute Gasteiger partial charge is 0.356 e. The van der Waals surface area contributed by atoms with Gasteiger partial charge in [-0.2, -0.15) is 5.10 Å². The van der Waals surface area contributed by atoms with E-state index < -0.39 is 0 Å². The Morgan fingerprint density at radius 3 is 2.79 bits per heavy atom. The Balaban J connectivity index is 1.24. The Bertz CT molecular complexity index is 840. The van der Waals surface area contributed by atoms with Crippen LogP contribution < -0.4 is 5.32 Å². The SMILES string of the molecule is O=C(NCCCn1ncc2ccccc21)[C@@H]1C[C@H]1c1ccccc1. The Morgan fingerprint density at radius 2 is 1.92 bits per heavy atom. The van der Waals surface area contributed by atoms with Crippen LogP contribution in [0.15, 0.2) is 60.8 Å². The van der Waals surface area contributed by atoms with Gasteiger partial charge in [-0.05, 0) is 30.4 Å². The molecule has 0 radical (unpaired) electrons. The minimum Gasteiger partial charge on any atom is -0.356 e. The quantitative estimate of drug-likeness (QED) is 0.708. The first-order chi connectivity index (χ1) is 11.8. The molecule has 1 heterocycles. The second-order valence-electron chi connectivity index (χ2n) is 6.43. The van der Waals surface area contributed by atoms with Crippen molar-refractivity contribution in [2.75, 3.05) is 6.54 Å². The third-order valence-electron chi connectivity index (χ3n) is 4.75. The van der Waals surface area contributed by atoms with E-state index in [1.54, 1.807) is 0 Å². The van der Waals surface area contributed by atoms with Gasteiger partial charge in [-0.25, -0.2) is 0 Å². The minimum absolute atomic E-state index is 0.151. The molecule has 4 nitrogen and oxygen atoms in total. The number of hydrogen-bond acceptors (Lipinski definition) is 2. The molecule has 1 amide bonds. The smallest absolute Gasteiger partial charge is 0.223 e. The third-order valence-corrected chi connectivity index (χ3v) is 4.75. The van der Waals surface area contributed by atoms with Crippen LogP contribution in [0, 0.1) is 5.92 Å². The normalized spacial score (nSPS) is 19.3. The number of carbonyl (C=O) groups excluding carboxylic acids is 1. The van der Waals surface area contributed by atoms with Crippen LogP contribution in [0.2, 0.25) is 0 Å². The second kappa shape index (κ2) is 6.48. The van der Waals surface area contributed by atoms with Gasteiger partial charge in [0.1, 0.15) is 0 Å². The fourth-order valence-electron chi connectivity index (χ4n) is 3.33. The summed E-state index contributed by atoms with van der Waals surface area (Å²) in [6, 6.07) is 18.5. The lowest BCUT2D eigenvalue weighted by atomic mass is 10.1. The second-order valence-corrected chi connectivity index (χ2v) is 6.43. The van der Waals surface area contributed by atoms with Crippen LogP contribution in [0.3, 0.4) is 0 Å². The Kier molecular flexibility index (Phi) is 4.03. The van der Waals surface area contributed by atoms with Crippen molar-refractivity contribution in [1.82, 2.24) is 15.1 Å². The summed E-state index contributed by atoms with van der Waals surface area (Å²) in [6.45, 7) is 1.52. The molecule has 0 spiro atoms. The van der Waals surface area contributed by atoms with Crippen molar-refractivity contribution in [3.63, 3.8) is 0 Å². The number of aromatic nitrogens is 2. The molecule has 4 rings (SSSR count). The van der Waals surface area contributed by atoms with Crippen LogP contribution >= 0.6 is 0 Å². The summed E-state index contributed by atoms with van der Waals surface area (Å²) in [4.78, 5) is 12.2. The zero-order valence-electron chi connectivity index (χ0n) is 13.6. The lowest BCUT2D eigenvalue weighted by Gasteiger charge is -2.06. The molecule has 0 saturated heterocycles. The number of fused-ring (bicyclic) bond motifs is 1. The van der Waals surface area contributed by atoms with E-state index >= 15 is 0 Å². The Hall–Kier alpha value is -2.62. The fraction of sp³-hybridized carbons (Fsp3) is 0.300. The minimum atomic E-state index is 0.151. The van der Waals surface area contributed by atoms with Gasteiger partial charge < -0.3 is 5.32 Å². The molecule has 1 fully saturated rings. The van der Waals surface area contributed by atoms with Crippen LogP contribution in [-0.2, 0) is 11.3 Å². The van der Waals surface area contributed by atoms with Gasteiger partial charge in [-0.1, -0.05) is 48.5 Å². The highest BCUT2D eigenvalue weighted by Gasteiger charge is 2.43. The number of aryl methyl sites for hydroxylation is 1. The maximum Gasteiger partial charge on any atom is 0.223 e. The van der Waals surface area contributed by atoms with Crippen molar-refractivity contribution in [1.29, 1.82) is 0 Å². The van der Waals surface area contributed by atoms with Gasteiger partial charge in [0.25, 0.3) is 0 Å². The third kappa shape index (κ3) is 3.04. The fourth-order valence-corrected chi connectivity index (χ4v) is 3.33. The first-order valence-electron chi connectivity index (χ1n) is 8.56. The van der Waals surface area contributed by atoms with E-state index in [4.69, 9.17) is 0 Å². The van der Waals surface area contributed by atoms with Gasteiger partial charge in [0.15, 0.2) is 0 Å². The summed E-state index contributed by atoms with van der Waals surface area (Å²) in [6.07, 6.45) is 3.75. The van der Waals surface area contributed by atoms with Crippen molar-refractivity contribution >= 4 is 16.8 Å². The predicted molar refractivity (Wildman–Crippen MR) is 94.6 cm³/mol. The van der Waals surface area contributed by atoms with Gasteiger partial charge in [0.05, 0.1) is 11.7 Å². The molecule has 1 saturated carbocycles. The van der Waals surface area contributed by atoms with E-state index in [1.165, 1.54) is 5.56 Å². The first kappa shape index (κ1) is 14.9. The van der Waals surface area contributed by atoms with Crippen molar-refractivity contribution in [3.05, 3.63) is 66.4 Å². The number of hydrogen-bond donors (Lipinski definition) is 1. The summed E-state index contributed by atoms with van der Waals surface area (Å²) >= 11 is 0. The number of para-hydroxylation sites is 1. The molecule has 1 aliphatic carbocycles. The molecule has 2 atom stereocenters. The Labute approximate surface area is 141 Å². The Morgan fingerprint density at radius 1 is 1.12 bits per heavy atom. The number of carbonyl (C=O) groups is 1. The molecule has 0 unspecified atom stereocenters. The van der Waals surface area contributed by atoms with E-state index in [-0.39, 0.29) is 11.8 Å². The number of amides is 1. The standard InChI is InChI=1S/C20H21N3O/c24-20(18-13-17(18)15-7-2-1-3-8-15)21-11-6-12-23-19-10-5-4-9-16(19)14-22-23/h1-5,7-10,14,17-18H,6,11-13H2,(H,21,24)/t17-,18+/m0/s1. The molecule has 1 N–H and O–H groups in total. The van der Waals surface area contributed by atoms with Crippen molar-refractivity contribution in [3.8, 4) is 0 Å². The monoisotopic (exact) mass is 319 g/mol. The molecule has 0 bridgehead atoms. The molecule has 122 valence electrons. The van der Waals surface area contributed by atoms with Crippen LogP contribution in [0.1, 0.15) is 24.3 Å². The summed E-state index contributed by atoms with van der Waals surface area (Å²) in [5.41, 5.74) is 2.43. The summed E-state index contributed by atoms with van der Waals surface area (Å²) < 4.78 is 2.01. The number of nitrogens with one attached hydrogen (secondary N) is 1. The maximum absolute atomic E-state index is 12.2. The highest BCUT2D eigenvalue weighted by atomic mass is 16.2. The molecule has 0 aliphatic heterocycles. The van der Waals surface area contributed by atoms with Crippen LogP contribution in [0.25, 0.3) is 10.9 Å². The van der Waals surface area contributed by atoms with Crippen molar-refractivity contribution < 1.29 is 4.79 Å². The zero-order chi connectivity index (χ0) is 16.4. The first-order valence-corrected chi connectivity index (χ1v) is 8.56. The van der Waals surface area contributed by atoms with Crippen molar-refractivity contribution in [2.24, 2.45) is 5.92 Å². The van der Waals surface area contributed by atoms with Crippen LogP contribution in [-0.4, -0.2) is 22.2 Å². The average molecular weight is 319 g/mol. The van der Waals surface area contributed by atoms with Crippen LogP contribution in [0.4, 0.5) is 0 Å². The number of benzene rings is 2. The van der Waals surface area contributed by atoms with Crippen LogP contribution in [0.5, 0.6) is 0 Å². The van der Waals surface area contributed by atoms with E-state index in [0.717, 1.165) is 30.3 Å². The maximum atomic E-state index is 12.2.